The number of piperidine rings is 1. The molecular formula is C21H30FN5O. The van der Waals surface area contributed by atoms with Crippen molar-refractivity contribution in [2.45, 2.75) is 32.6 Å². The van der Waals surface area contributed by atoms with Gasteiger partial charge in [-0.1, -0.05) is 0 Å². The molecule has 152 valence electrons. The van der Waals surface area contributed by atoms with E-state index in [1.54, 1.807) is 7.05 Å². The van der Waals surface area contributed by atoms with Gasteiger partial charge in [-0.2, -0.15) is 0 Å². The fourth-order valence-electron chi connectivity index (χ4n) is 3.79. The van der Waals surface area contributed by atoms with Crippen molar-refractivity contribution in [3.8, 4) is 0 Å². The van der Waals surface area contributed by atoms with Gasteiger partial charge in [-0.25, -0.2) is 4.39 Å². The fraction of sp³-hybridized carbons (Fsp3) is 0.524. The largest absolute Gasteiger partial charge is 0.361 e. The van der Waals surface area contributed by atoms with Gasteiger partial charge in [-0.3, -0.25) is 9.79 Å². The molecule has 2 heterocycles. The summed E-state index contributed by atoms with van der Waals surface area (Å²) in [5.41, 5.74) is 1.97. The number of hydrogen-bond donors (Lipinski definition) is 3. The van der Waals surface area contributed by atoms with E-state index in [9.17, 15) is 9.18 Å². The van der Waals surface area contributed by atoms with Crippen LogP contribution in [0.4, 0.5) is 4.39 Å². The topological polar surface area (TPSA) is 72.5 Å². The molecule has 0 aliphatic carbocycles. The predicted octanol–water partition coefficient (Wildman–Crippen LogP) is 2.66. The molecule has 28 heavy (non-hydrogen) atoms. The monoisotopic (exact) mass is 387 g/mol. The van der Waals surface area contributed by atoms with Crippen molar-refractivity contribution in [3.05, 3.63) is 35.8 Å². The highest BCUT2D eigenvalue weighted by Crippen LogP contribution is 2.21. The second kappa shape index (κ2) is 9.57. The lowest BCUT2D eigenvalue weighted by Crippen LogP contribution is -2.46. The van der Waals surface area contributed by atoms with Crippen molar-refractivity contribution in [2.24, 2.45) is 10.9 Å². The Labute approximate surface area is 165 Å². The van der Waals surface area contributed by atoms with E-state index in [0.29, 0.717) is 18.9 Å². The number of H-pyrrole nitrogens is 1. The van der Waals surface area contributed by atoms with Crippen molar-refractivity contribution in [3.63, 3.8) is 0 Å². The Bertz CT molecular complexity index is 823. The van der Waals surface area contributed by atoms with Crippen molar-refractivity contribution in [1.82, 2.24) is 20.5 Å². The van der Waals surface area contributed by atoms with Crippen molar-refractivity contribution in [1.29, 1.82) is 0 Å². The quantitative estimate of drug-likeness (QED) is 0.527. The first-order valence-corrected chi connectivity index (χ1v) is 10.1. The minimum Gasteiger partial charge on any atom is -0.361 e. The molecule has 3 rings (SSSR count). The normalized spacial score (nSPS) is 15.8. The molecule has 7 heteroatoms. The number of nitrogens with zero attached hydrogens (tertiary/aromatic N) is 2. The lowest BCUT2D eigenvalue weighted by atomic mass is 9.93. The maximum Gasteiger partial charge on any atom is 0.220 e. The number of nitrogens with one attached hydrogen (secondary N) is 3. The summed E-state index contributed by atoms with van der Waals surface area (Å²) in [5.74, 6) is 1.28. The Kier molecular flexibility index (Phi) is 6.90. The van der Waals surface area contributed by atoms with Crippen LogP contribution < -0.4 is 10.6 Å². The van der Waals surface area contributed by atoms with Crippen LogP contribution in [0.1, 0.15) is 31.7 Å². The Morgan fingerprint density at radius 2 is 2.14 bits per heavy atom. The van der Waals surface area contributed by atoms with Gasteiger partial charge >= 0.3 is 0 Å². The first-order chi connectivity index (χ1) is 13.6. The molecule has 0 atom stereocenters. The van der Waals surface area contributed by atoms with Gasteiger partial charge in [0.25, 0.3) is 0 Å². The van der Waals surface area contributed by atoms with E-state index in [2.05, 4.69) is 27.4 Å². The third-order valence-electron chi connectivity index (χ3n) is 5.37. The molecular weight excluding hydrogens is 357 g/mol. The SMILES string of the molecule is CCNC(=NCCc1c[nH]c2cc(F)ccc12)N1CCC(CC(=O)NC)CC1. The zero-order valence-electron chi connectivity index (χ0n) is 16.7. The first kappa shape index (κ1) is 20.2. The Hall–Kier alpha value is -2.57. The molecule has 0 spiro atoms. The minimum atomic E-state index is -0.229. The molecule has 1 aromatic heterocycles. The molecule has 0 unspecified atom stereocenters. The van der Waals surface area contributed by atoms with Crippen LogP contribution in [0.5, 0.6) is 0 Å². The van der Waals surface area contributed by atoms with E-state index in [-0.39, 0.29) is 11.7 Å². The van der Waals surface area contributed by atoms with E-state index in [1.807, 2.05) is 12.3 Å². The third-order valence-corrected chi connectivity index (χ3v) is 5.37. The van der Waals surface area contributed by atoms with E-state index in [4.69, 9.17) is 4.99 Å². The number of fused-ring (bicyclic) bond motifs is 1. The van der Waals surface area contributed by atoms with Gasteiger partial charge in [-0.15, -0.1) is 0 Å². The third kappa shape index (κ3) is 5.03. The smallest absolute Gasteiger partial charge is 0.220 e. The summed E-state index contributed by atoms with van der Waals surface area (Å²) in [5, 5.41) is 7.15. The summed E-state index contributed by atoms with van der Waals surface area (Å²) in [6.45, 7) is 5.40. The average molecular weight is 388 g/mol. The fourth-order valence-corrected chi connectivity index (χ4v) is 3.79. The summed E-state index contributed by atoms with van der Waals surface area (Å²) in [6.07, 6.45) is 5.36. The number of rotatable bonds is 6. The summed E-state index contributed by atoms with van der Waals surface area (Å²) < 4.78 is 13.3. The van der Waals surface area contributed by atoms with Crippen molar-refractivity contribution < 1.29 is 9.18 Å². The molecule has 0 radical (unpaired) electrons. The molecule has 3 N–H and O–H groups in total. The van der Waals surface area contributed by atoms with Gasteiger partial charge in [0.1, 0.15) is 5.82 Å². The lowest BCUT2D eigenvalue weighted by Gasteiger charge is -2.34. The lowest BCUT2D eigenvalue weighted by molar-refractivity contribution is -0.121. The van der Waals surface area contributed by atoms with E-state index < -0.39 is 0 Å². The molecule has 0 bridgehead atoms. The molecule has 1 aliphatic rings. The molecule has 6 nitrogen and oxygen atoms in total. The number of guanidine groups is 1. The van der Waals surface area contributed by atoms with Gasteiger partial charge in [0.15, 0.2) is 5.96 Å². The number of aliphatic imine (C=N–C) groups is 1. The Balaban J connectivity index is 1.57. The molecule has 2 aromatic rings. The maximum absolute atomic E-state index is 13.3. The highest BCUT2D eigenvalue weighted by molar-refractivity contribution is 5.83. The van der Waals surface area contributed by atoms with E-state index in [0.717, 1.165) is 61.3 Å². The van der Waals surface area contributed by atoms with Gasteiger partial charge in [-0.05, 0) is 55.9 Å². The molecule has 1 fully saturated rings. The summed E-state index contributed by atoms with van der Waals surface area (Å²) in [7, 11) is 1.69. The predicted molar refractivity (Wildman–Crippen MR) is 111 cm³/mol. The number of benzene rings is 1. The summed E-state index contributed by atoms with van der Waals surface area (Å²) >= 11 is 0. The van der Waals surface area contributed by atoms with E-state index >= 15 is 0 Å². The Morgan fingerprint density at radius 1 is 1.36 bits per heavy atom. The number of carbonyl (C=O) groups excluding carboxylic acids is 1. The van der Waals surface area contributed by atoms with Gasteiger partial charge in [0.05, 0.1) is 0 Å². The van der Waals surface area contributed by atoms with Crippen molar-refractivity contribution >= 4 is 22.8 Å². The van der Waals surface area contributed by atoms with Crippen LogP contribution in [-0.4, -0.2) is 55.0 Å². The number of amides is 1. The number of halogens is 1. The highest BCUT2D eigenvalue weighted by Gasteiger charge is 2.23. The molecule has 1 aromatic carbocycles. The summed E-state index contributed by atoms with van der Waals surface area (Å²) in [6, 6.07) is 4.84. The standard InChI is InChI=1S/C21H30FN5O/c1-3-24-21(27-10-7-15(8-11-27)12-20(28)23-2)25-9-6-16-14-26-19-13-17(22)4-5-18(16)19/h4-5,13-15,26H,3,6-12H2,1-2H3,(H,23,28)(H,24,25). The maximum atomic E-state index is 13.3. The van der Waals surface area contributed by atoms with E-state index in [1.165, 1.54) is 12.1 Å². The molecule has 1 amide bonds. The van der Waals surface area contributed by atoms with Crippen LogP contribution in [-0.2, 0) is 11.2 Å². The number of aromatic amines is 1. The van der Waals surface area contributed by atoms with Gasteiger partial charge < -0.3 is 20.5 Å². The zero-order chi connectivity index (χ0) is 19.9. The molecule has 1 aliphatic heterocycles. The van der Waals surface area contributed by atoms with Crippen LogP contribution in [0.3, 0.4) is 0 Å². The minimum absolute atomic E-state index is 0.123. The van der Waals surface area contributed by atoms with Crippen LogP contribution in [0, 0.1) is 11.7 Å². The van der Waals surface area contributed by atoms with Crippen LogP contribution in [0.2, 0.25) is 0 Å². The highest BCUT2D eigenvalue weighted by atomic mass is 19.1. The number of carbonyl (C=O) groups is 1. The number of aromatic nitrogens is 1. The number of hydrogen-bond acceptors (Lipinski definition) is 2. The molecule has 0 saturated carbocycles. The summed E-state index contributed by atoms with van der Waals surface area (Å²) in [4.78, 5) is 21.8. The average Bonchev–Trinajstić information content (AvgIpc) is 3.10. The first-order valence-electron chi connectivity index (χ1n) is 10.1. The second-order valence-electron chi connectivity index (χ2n) is 7.30. The second-order valence-corrected chi connectivity index (χ2v) is 7.30. The van der Waals surface area contributed by atoms with Gasteiger partial charge in [0, 0.05) is 56.7 Å². The Morgan fingerprint density at radius 3 is 2.86 bits per heavy atom. The number of likely N-dealkylation sites (tertiary alicyclic amines) is 1. The van der Waals surface area contributed by atoms with Crippen molar-refractivity contribution in [2.75, 3.05) is 33.2 Å². The van der Waals surface area contributed by atoms with Gasteiger partial charge in [0.2, 0.25) is 5.91 Å². The molecule has 1 saturated heterocycles. The zero-order valence-corrected chi connectivity index (χ0v) is 16.7. The van der Waals surface area contributed by atoms with Crippen LogP contribution >= 0.6 is 0 Å². The van der Waals surface area contributed by atoms with Crippen LogP contribution in [0.15, 0.2) is 29.4 Å². The van der Waals surface area contributed by atoms with Crippen LogP contribution in [0.25, 0.3) is 10.9 Å².